The van der Waals surface area contributed by atoms with Crippen molar-refractivity contribution in [2.75, 3.05) is 31.1 Å². The molecular weight excluding hydrogens is 245 g/mol. The number of hydrogen-bond acceptors (Lipinski definition) is 3. The molecule has 4 nitrogen and oxygen atoms in total. The summed E-state index contributed by atoms with van der Waals surface area (Å²) in [6.45, 7) is 0.384. The molecule has 16 heavy (non-hydrogen) atoms. The average molecular weight is 260 g/mol. The SMILES string of the molecule is CCS(=O)CCNC(=O)CNCC(F)(F)F. The van der Waals surface area contributed by atoms with E-state index in [-0.39, 0.29) is 6.54 Å². The van der Waals surface area contributed by atoms with Gasteiger partial charge in [-0.25, -0.2) is 0 Å². The molecule has 0 radical (unpaired) electrons. The van der Waals surface area contributed by atoms with Crippen LogP contribution in [0.5, 0.6) is 0 Å². The molecule has 0 saturated heterocycles. The average Bonchev–Trinajstić information content (AvgIpc) is 2.15. The smallest absolute Gasteiger partial charge is 0.354 e. The Balaban J connectivity index is 3.49. The van der Waals surface area contributed by atoms with Crippen molar-refractivity contribution in [3.63, 3.8) is 0 Å². The summed E-state index contributed by atoms with van der Waals surface area (Å²) in [6.07, 6.45) is -4.32. The Kier molecular flexibility index (Phi) is 7.31. The van der Waals surface area contributed by atoms with Crippen LogP contribution in [0.1, 0.15) is 6.92 Å². The normalized spacial score (nSPS) is 13.5. The Labute approximate surface area is 94.4 Å². The molecule has 0 fully saturated rings. The number of rotatable bonds is 7. The fourth-order valence-corrected chi connectivity index (χ4v) is 1.45. The van der Waals surface area contributed by atoms with E-state index in [0.717, 1.165) is 0 Å². The maximum absolute atomic E-state index is 11.7. The van der Waals surface area contributed by atoms with Crippen LogP contribution < -0.4 is 10.6 Å². The topological polar surface area (TPSA) is 58.2 Å². The van der Waals surface area contributed by atoms with Crippen LogP contribution in [-0.2, 0) is 15.6 Å². The second-order valence-electron chi connectivity index (χ2n) is 3.00. The first kappa shape index (κ1) is 15.4. The Hall–Kier alpha value is -0.630. The van der Waals surface area contributed by atoms with Gasteiger partial charge in [-0.15, -0.1) is 0 Å². The summed E-state index contributed by atoms with van der Waals surface area (Å²) >= 11 is 0. The lowest BCUT2D eigenvalue weighted by Crippen LogP contribution is -2.39. The van der Waals surface area contributed by atoms with Crippen molar-refractivity contribution < 1.29 is 22.2 Å². The molecule has 0 aromatic heterocycles. The molecule has 0 aliphatic rings. The van der Waals surface area contributed by atoms with E-state index in [2.05, 4.69) is 5.32 Å². The highest BCUT2D eigenvalue weighted by Crippen LogP contribution is 2.11. The first-order valence-corrected chi connectivity index (χ1v) is 6.23. The van der Waals surface area contributed by atoms with E-state index in [4.69, 9.17) is 0 Å². The van der Waals surface area contributed by atoms with Crippen molar-refractivity contribution in [3.8, 4) is 0 Å². The van der Waals surface area contributed by atoms with Crippen molar-refractivity contribution >= 4 is 16.7 Å². The molecule has 0 heterocycles. The second kappa shape index (κ2) is 7.61. The third-order valence-corrected chi connectivity index (χ3v) is 2.89. The van der Waals surface area contributed by atoms with E-state index < -0.39 is 36.0 Å². The molecule has 8 heteroatoms. The zero-order valence-corrected chi connectivity index (χ0v) is 9.71. The van der Waals surface area contributed by atoms with Gasteiger partial charge in [0, 0.05) is 28.9 Å². The van der Waals surface area contributed by atoms with Gasteiger partial charge in [-0.05, 0) is 0 Å². The van der Waals surface area contributed by atoms with Crippen LogP contribution in [0.4, 0.5) is 13.2 Å². The van der Waals surface area contributed by atoms with Gasteiger partial charge in [-0.1, -0.05) is 6.92 Å². The highest BCUT2D eigenvalue weighted by Gasteiger charge is 2.26. The summed E-state index contributed by atoms with van der Waals surface area (Å²) in [6, 6.07) is 0. The second-order valence-corrected chi connectivity index (χ2v) is 4.87. The zero-order valence-electron chi connectivity index (χ0n) is 8.89. The molecule has 1 amide bonds. The van der Waals surface area contributed by atoms with Crippen LogP contribution in [0.3, 0.4) is 0 Å². The fourth-order valence-electron chi connectivity index (χ4n) is 0.829. The molecule has 2 N–H and O–H groups in total. The van der Waals surface area contributed by atoms with Gasteiger partial charge in [0.25, 0.3) is 0 Å². The maximum atomic E-state index is 11.7. The van der Waals surface area contributed by atoms with Crippen LogP contribution in [0.2, 0.25) is 0 Å². The zero-order chi connectivity index (χ0) is 12.6. The third-order valence-electron chi connectivity index (χ3n) is 1.58. The number of halogens is 3. The summed E-state index contributed by atoms with van der Waals surface area (Å²) in [7, 11) is -0.978. The summed E-state index contributed by atoms with van der Waals surface area (Å²) in [5.41, 5.74) is 0. The van der Waals surface area contributed by atoms with Crippen molar-refractivity contribution in [2.24, 2.45) is 0 Å². The van der Waals surface area contributed by atoms with E-state index in [1.165, 1.54) is 0 Å². The van der Waals surface area contributed by atoms with Crippen molar-refractivity contribution in [3.05, 3.63) is 0 Å². The third kappa shape index (κ3) is 9.91. The lowest BCUT2D eigenvalue weighted by molar-refractivity contribution is -0.128. The number of carbonyl (C=O) groups is 1. The minimum atomic E-state index is -4.32. The number of hydrogen-bond donors (Lipinski definition) is 2. The molecule has 0 aromatic carbocycles. The van der Waals surface area contributed by atoms with Crippen LogP contribution >= 0.6 is 0 Å². The molecule has 0 aromatic rings. The van der Waals surface area contributed by atoms with Gasteiger partial charge in [0.15, 0.2) is 0 Å². The number of carbonyl (C=O) groups excluding carboxylic acids is 1. The van der Waals surface area contributed by atoms with Gasteiger partial charge in [0.05, 0.1) is 13.1 Å². The molecular formula is C8H15F3N2O2S. The lowest BCUT2D eigenvalue weighted by Gasteiger charge is -2.08. The maximum Gasteiger partial charge on any atom is 0.401 e. The largest absolute Gasteiger partial charge is 0.401 e. The van der Waals surface area contributed by atoms with Crippen LogP contribution in [0, 0.1) is 0 Å². The predicted molar refractivity (Wildman–Crippen MR) is 55.5 cm³/mol. The van der Waals surface area contributed by atoms with Crippen LogP contribution in [-0.4, -0.2) is 47.4 Å². The van der Waals surface area contributed by atoms with Gasteiger partial charge in [-0.2, -0.15) is 13.2 Å². The molecule has 1 atom stereocenters. The van der Waals surface area contributed by atoms with E-state index in [1.54, 1.807) is 6.92 Å². The highest BCUT2D eigenvalue weighted by molar-refractivity contribution is 7.84. The standard InChI is InChI=1S/C8H15F3N2O2S/c1-2-16(15)4-3-13-7(14)5-12-6-8(9,10)11/h12H,2-6H2,1H3,(H,13,14). The van der Waals surface area contributed by atoms with E-state index in [0.29, 0.717) is 11.5 Å². The molecule has 0 spiro atoms. The van der Waals surface area contributed by atoms with Crippen molar-refractivity contribution in [2.45, 2.75) is 13.1 Å². The van der Waals surface area contributed by atoms with Gasteiger partial charge >= 0.3 is 6.18 Å². The van der Waals surface area contributed by atoms with E-state index in [9.17, 15) is 22.2 Å². The fraction of sp³-hybridized carbons (Fsp3) is 0.875. The first-order valence-electron chi connectivity index (χ1n) is 4.74. The summed E-state index contributed by atoms with van der Waals surface area (Å²) in [4.78, 5) is 11.0. The Bertz CT molecular complexity index is 246. The van der Waals surface area contributed by atoms with Crippen molar-refractivity contribution in [1.82, 2.24) is 10.6 Å². The first-order chi connectivity index (χ1) is 7.35. The van der Waals surface area contributed by atoms with E-state index >= 15 is 0 Å². The molecule has 0 bridgehead atoms. The molecule has 0 saturated carbocycles. The monoisotopic (exact) mass is 260 g/mol. The lowest BCUT2D eigenvalue weighted by atomic mass is 10.5. The van der Waals surface area contributed by atoms with E-state index in [1.807, 2.05) is 5.32 Å². The van der Waals surface area contributed by atoms with Crippen molar-refractivity contribution in [1.29, 1.82) is 0 Å². The van der Waals surface area contributed by atoms with Crippen LogP contribution in [0.25, 0.3) is 0 Å². The number of amides is 1. The Morgan fingerprint density at radius 2 is 2.00 bits per heavy atom. The molecule has 0 rings (SSSR count). The summed E-state index contributed by atoms with van der Waals surface area (Å²) < 4.78 is 46.0. The number of alkyl halides is 3. The minimum absolute atomic E-state index is 0.215. The van der Waals surface area contributed by atoms with Gasteiger partial charge in [0.2, 0.25) is 5.91 Å². The highest BCUT2D eigenvalue weighted by atomic mass is 32.2. The molecule has 96 valence electrons. The van der Waals surface area contributed by atoms with Gasteiger partial charge < -0.3 is 10.6 Å². The van der Waals surface area contributed by atoms with Gasteiger partial charge in [-0.3, -0.25) is 9.00 Å². The van der Waals surface area contributed by atoms with Gasteiger partial charge in [0.1, 0.15) is 0 Å². The van der Waals surface area contributed by atoms with Crippen LogP contribution in [0.15, 0.2) is 0 Å². The Morgan fingerprint density at radius 3 is 2.50 bits per heavy atom. The summed E-state index contributed by atoms with van der Waals surface area (Å²) in [5.74, 6) is 0.293. The molecule has 1 unspecified atom stereocenters. The molecule has 0 aliphatic carbocycles. The predicted octanol–water partition coefficient (Wildman–Crippen LogP) is 0.0231. The molecule has 0 aliphatic heterocycles. The minimum Gasteiger partial charge on any atom is -0.354 e. The number of nitrogens with one attached hydrogen (secondary N) is 2. The Morgan fingerprint density at radius 1 is 1.38 bits per heavy atom. The quantitative estimate of drug-likeness (QED) is 0.678. The summed E-state index contributed by atoms with van der Waals surface area (Å²) in [5, 5.41) is 4.34.